The van der Waals surface area contributed by atoms with E-state index >= 15 is 0 Å². The molecule has 0 saturated carbocycles. The normalized spacial score (nSPS) is 16.9. The van der Waals surface area contributed by atoms with E-state index in [1.165, 1.54) is 64.2 Å². The van der Waals surface area contributed by atoms with E-state index in [0.717, 1.165) is 57.8 Å². The molecule has 1 aliphatic rings. The fourth-order valence-electron chi connectivity index (χ4n) is 5.04. The molecule has 1 aliphatic heterocycles. The van der Waals surface area contributed by atoms with Crippen LogP contribution in [0.2, 0.25) is 0 Å². The summed E-state index contributed by atoms with van der Waals surface area (Å²) in [5.41, 5.74) is 8.49. The smallest absolute Gasteiger partial charge is 0.323 e. The van der Waals surface area contributed by atoms with Gasteiger partial charge in [0, 0.05) is 17.9 Å². The lowest BCUT2D eigenvalue weighted by atomic mass is 10.0. The van der Waals surface area contributed by atoms with Crippen molar-refractivity contribution in [3.8, 4) is 0 Å². The fraction of sp³-hybridized carbons (Fsp3) is 0.933. The largest absolute Gasteiger partial charge is 0.465 e. The van der Waals surface area contributed by atoms with Gasteiger partial charge in [0.15, 0.2) is 0 Å². The van der Waals surface area contributed by atoms with Crippen LogP contribution in [0, 0.1) is 0 Å². The molecule has 0 aromatic heterocycles. The quantitative estimate of drug-likeness (QED) is 0.0414. The van der Waals surface area contributed by atoms with Gasteiger partial charge in [-0.05, 0) is 50.5 Å². The maximum Gasteiger partial charge on any atom is 0.323 e. The number of hydrogen-bond donors (Lipinski definition) is 1. The second-order valence-corrected chi connectivity index (χ2v) is 11.0. The van der Waals surface area contributed by atoms with E-state index in [1.54, 1.807) is 0 Å². The number of carbonyl (C=O) groups is 2. The number of carbonyl (C=O) groups excluding carboxylic acids is 2. The van der Waals surface area contributed by atoms with Gasteiger partial charge >= 0.3 is 11.9 Å². The van der Waals surface area contributed by atoms with Crippen molar-refractivity contribution in [2.75, 3.05) is 13.2 Å². The van der Waals surface area contributed by atoms with Gasteiger partial charge in [0.05, 0.1) is 12.6 Å². The molecule has 0 unspecified atom stereocenters. The van der Waals surface area contributed by atoms with Crippen molar-refractivity contribution >= 4 is 11.9 Å². The first-order valence-electron chi connectivity index (χ1n) is 15.7. The summed E-state index contributed by atoms with van der Waals surface area (Å²) in [4.78, 5) is 27.4. The van der Waals surface area contributed by atoms with E-state index < -0.39 is 0 Å². The Morgan fingerprint density at radius 3 is 2.00 bits per heavy atom. The molecule has 1 fully saturated rings. The van der Waals surface area contributed by atoms with Crippen LogP contribution in [-0.2, 0) is 19.1 Å². The standard InChI is InChI=1S/C30H56N4O4/c1-3-5-7-9-12-16-20-27(21-17-13-10-8-6-4-2)38-29(35)22-18-14-11-15-19-23-37-30(36)28-24-26(25-32-28)33-34-31/h26-28,32H,3-25H2,1-2H3/t26-,28-/m0/s1. The zero-order chi connectivity index (χ0) is 27.7. The second-order valence-electron chi connectivity index (χ2n) is 11.0. The molecule has 38 heavy (non-hydrogen) atoms. The molecule has 1 saturated heterocycles. The van der Waals surface area contributed by atoms with Gasteiger partial charge in [-0.2, -0.15) is 0 Å². The van der Waals surface area contributed by atoms with E-state index in [2.05, 4.69) is 29.2 Å². The van der Waals surface area contributed by atoms with E-state index in [4.69, 9.17) is 15.0 Å². The zero-order valence-electron chi connectivity index (χ0n) is 24.5. The van der Waals surface area contributed by atoms with Gasteiger partial charge < -0.3 is 14.8 Å². The molecule has 0 bridgehead atoms. The van der Waals surface area contributed by atoms with Crippen molar-refractivity contribution in [2.45, 2.75) is 167 Å². The van der Waals surface area contributed by atoms with Crippen molar-refractivity contribution in [1.29, 1.82) is 0 Å². The SMILES string of the molecule is CCCCCCCCC(CCCCCCCC)OC(=O)CCCCCCCOC(=O)[C@@H]1C[C@H](N=[N+]=[N-])CN1. The summed E-state index contributed by atoms with van der Waals surface area (Å²) < 4.78 is 11.3. The number of nitrogens with one attached hydrogen (secondary N) is 1. The van der Waals surface area contributed by atoms with Crippen LogP contribution in [0.15, 0.2) is 5.11 Å². The van der Waals surface area contributed by atoms with E-state index in [9.17, 15) is 9.59 Å². The Morgan fingerprint density at radius 1 is 0.842 bits per heavy atom. The molecule has 220 valence electrons. The van der Waals surface area contributed by atoms with Crippen molar-refractivity contribution in [2.24, 2.45) is 5.11 Å². The van der Waals surface area contributed by atoms with Crippen molar-refractivity contribution in [3.05, 3.63) is 10.4 Å². The number of hydrogen-bond acceptors (Lipinski definition) is 6. The minimum Gasteiger partial charge on any atom is -0.465 e. The molecular formula is C30H56N4O4. The van der Waals surface area contributed by atoms with Gasteiger partial charge in [-0.25, -0.2) is 0 Å². The summed E-state index contributed by atoms with van der Waals surface area (Å²) >= 11 is 0. The number of unbranched alkanes of at least 4 members (excludes halogenated alkanes) is 14. The molecule has 1 rings (SSSR count). The fourth-order valence-corrected chi connectivity index (χ4v) is 5.04. The minimum absolute atomic E-state index is 0.0380. The van der Waals surface area contributed by atoms with Crippen LogP contribution >= 0.6 is 0 Å². The van der Waals surface area contributed by atoms with E-state index in [1.807, 2.05) is 0 Å². The maximum atomic E-state index is 12.5. The van der Waals surface area contributed by atoms with Gasteiger partial charge in [0.1, 0.15) is 12.1 Å². The van der Waals surface area contributed by atoms with Crippen LogP contribution in [0.25, 0.3) is 10.4 Å². The van der Waals surface area contributed by atoms with Crippen molar-refractivity contribution in [1.82, 2.24) is 5.32 Å². The highest BCUT2D eigenvalue weighted by molar-refractivity contribution is 5.76. The lowest BCUT2D eigenvalue weighted by molar-refractivity contribution is -0.150. The third-order valence-corrected chi connectivity index (χ3v) is 7.43. The molecular weight excluding hydrogens is 480 g/mol. The van der Waals surface area contributed by atoms with Gasteiger partial charge in [-0.15, -0.1) is 0 Å². The summed E-state index contributed by atoms with van der Waals surface area (Å²) in [6.45, 7) is 5.41. The molecule has 1 N–H and O–H groups in total. The predicted octanol–water partition coefficient (Wildman–Crippen LogP) is 8.32. The molecule has 2 atom stereocenters. The monoisotopic (exact) mass is 536 g/mol. The topological polar surface area (TPSA) is 113 Å². The number of nitrogens with zero attached hydrogens (tertiary/aromatic N) is 3. The number of ether oxygens (including phenoxy) is 2. The molecule has 0 aliphatic carbocycles. The van der Waals surface area contributed by atoms with Gasteiger partial charge in [0.2, 0.25) is 0 Å². The first-order chi connectivity index (χ1) is 18.6. The van der Waals surface area contributed by atoms with Gasteiger partial charge in [0.25, 0.3) is 0 Å². The Labute approximate surface area is 232 Å². The maximum absolute atomic E-state index is 12.5. The number of rotatable bonds is 25. The molecule has 8 nitrogen and oxygen atoms in total. The molecule has 0 radical (unpaired) electrons. The highest BCUT2D eigenvalue weighted by Gasteiger charge is 2.29. The Bertz CT molecular complexity index is 638. The zero-order valence-corrected chi connectivity index (χ0v) is 24.5. The highest BCUT2D eigenvalue weighted by Crippen LogP contribution is 2.18. The molecule has 1 heterocycles. The Balaban J connectivity index is 2.13. The first kappa shape index (κ1) is 34.2. The van der Waals surface area contributed by atoms with Gasteiger partial charge in [-0.3, -0.25) is 9.59 Å². The molecule has 8 heteroatoms. The number of esters is 2. The van der Waals surface area contributed by atoms with Crippen LogP contribution in [0.5, 0.6) is 0 Å². The summed E-state index contributed by atoms with van der Waals surface area (Å²) in [6, 6.07) is -0.548. The average molecular weight is 537 g/mol. The van der Waals surface area contributed by atoms with Crippen LogP contribution in [0.3, 0.4) is 0 Å². The summed E-state index contributed by atoms with van der Waals surface area (Å²) in [5.74, 6) is -0.302. The Morgan fingerprint density at radius 2 is 1.39 bits per heavy atom. The lowest BCUT2D eigenvalue weighted by Gasteiger charge is -2.18. The predicted molar refractivity (Wildman–Crippen MR) is 154 cm³/mol. The summed E-state index contributed by atoms with van der Waals surface area (Å²) in [6.07, 6.45) is 23.0. The molecule has 0 aromatic rings. The molecule has 0 spiro atoms. The highest BCUT2D eigenvalue weighted by atomic mass is 16.5. The second kappa shape index (κ2) is 24.3. The van der Waals surface area contributed by atoms with Crippen LogP contribution in [0.4, 0.5) is 0 Å². The van der Waals surface area contributed by atoms with Crippen LogP contribution in [0.1, 0.15) is 149 Å². The van der Waals surface area contributed by atoms with E-state index in [-0.39, 0.29) is 30.1 Å². The van der Waals surface area contributed by atoms with Crippen LogP contribution < -0.4 is 5.32 Å². The van der Waals surface area contributed by atoms with Crippen LogP contribution in [-0.4, -0.2) is 43.3 Å². The molecule has 0 amide bonds. The Hall–Kier alpha value is -1.79. The van der Waals surface area contributed by atoms with Crippen molar-refractivity contribution in [3.63, 3.8) is 0 Å². The number of azide groups is 1. The molecule has 0 aromatic carbocycles. The first-order valence-corrected chi connectivity index (χ1v) is 15.7. The minimum atomic E-state index is -0.373. The lowest BCUT2D eigenvalue weighted by Crippen LogP contribution is -2.32. The summed E-state index contributed by atoms with van der Waals surface area (Å²) in [7, 11) is 0. The van der Waals surface area contributed by atoms with Crippen molar-refractivity contribution < 1.29 is 19.1 Å². The Kier molecular flexibility index (Phi) is 21.9. The third kappa shape index (κ3) is 18.5. The van der Waals surface area contributed by atoms with E-state index in [0.29, 0.717) is 26.0 Å². The average Bonchev–Trinajstić information content (AvgIpc) is 3.38. The van der Waals surface area contributed by atoms with Gasteiger partial charge in [-0.1, -0.05) is 102 Å². The third-order valence-electron chi connectivity index (χ3n) is 7.43. The summed E-state index contributed by atoms with van der Waals surface area (Å²) in [5, 5.41) is 6.69.